The second-order valence-corrected chi connectivity index (χ2v) is 4.87. The third-order valence-electron chi connectivity index (χ3n) is 3.45. The van der Waals surface area contributed by atoms with Gasteiger partial charge in [-0.2, -0.15) is 0 Å². The van der Waals surface area contributed by atoms with Crippen LogP contribution in [0.15, 0.2) is 48.5 Å². The molecule has 0 fully saturated rings. The molecular weight excluding hydrogens is 232 g/mol. The Morgan fingerprint density at radius 3 is 2.42 bits per heavy atom. The number of pyridine rings is 1. The number of aryl methyl sites for hydroxylation is 2. The maximum absolute atomic E-state index is 6.17. The maximum Gasteiger partial charge on any atom is 0.0943 e. The molecule has 0 radical (unpaired) electrons. The Morgan fingerprint density at radius 2 is 1.68 bits per heavy atom. The lowest BCUT2D eigenvalue weighted by Crippen LogP contribution is -1.96. The molecule has 0 aliphatic rings. The van der Waals surface area contributed by atoms with Gasteiger partial charge < -0.3 is 5.73 Å². The maximum atomic E-state index is 6.17. The van der Waals surface area contributed by atoms with Crippen molar-refractivity contribution in [2.45, 2.75) is 13.8 Å². The minimum atomic E-state index is 0.776. The van der Waals surface area contributed by atoms with E-state index in [2.05, 4.69) is 47.4 Å². The van der Waals surface area contributed by atoms with Crippen molar-refractivity contribution < 1.29 is 0 Å². The molecule has 0 saturated heterocycles. The van der Waals surface area contributed by atoms with Crippen LogP contribution in [0.4, 0.5) is 5.69 Å². The fraction of sp³-hybridized carbons (Fsp3) is 0.118. The largest absolute Gasteiger partial charge is 0.397 e. The number of aromatic nitrogens is 1. The second-order valence-electron chi connectivity index (χ2n) is 4.87. The monoisotopic (exact) mass is 248 g/mol. The summed E-state index contributed by atoms with van der Waals surface area (Å²) in [5, 5.41) is 1.11. The molecule has 19 heavy (non-hydrogen) atoms. The number of nitrogen functional groups attached to an aromatic ring is 1. The smallest absolute Gasteiger partial charge is 0.0943 e. The number of nitrogens with two attached hydrogens (primary N) is 1. The van der Waals surface area contributed by atoms with Crippen molar-refractivity contribution in [2.24, 2.45) is 0 Å². The van der Waals surface area contributed by atoms with E-state index in [4.69, 9.17) is 5.73 Å². The van der Waals surface area contributed by atoms with Crippen molar-refractivity contribution in [1.29, 1.82) is 0 Å². The van der Waals surface area contributed by atoms with Gasteiger partial charge in [0.2, 0.25) is 0 Å². The van der Waals surface area contributed by atoms with Crippen LogP contribution in [0.2, 0.25) is 0 Å². The van der Waals surface area contributed by atoms with Crippen LogP contribution in [0.5, 0.6) is 0 Å². The summed E-state index contributed by atoms with van der Waals surface area (Å²) in [6, 6.07) is 16.6. The molecule has 2 nitrogen and oxygen atoms in total. The van der Waals surface area contributed by atoms with Crippen LogP contribution >= 0.6 is 0 Å². The number of hydrogen-bond acceptors (Lipinski definition) is 2. The highest BCUT2D eigenvalue weighted by atomic mass is 14.7. The quantitative estimate of drug-likeness (QED) is 0.658. The predicted molar refractivity (Wildman–Crippen MR) is 81.1 cm³/mol. The van der Waals surface area contributed by atoms with E-state index in [9.17, 15) is 0 Å². The summed E-state index contributed by atoms with van der Waals surface area (Å²) in [4.78, 5) is 4.60. The van der Waals surface area contributed by atoms with Crippen LogP contribution in [0.25, 0.3) is 22.0 Å². The number of hydrogen-bond donors (Lipinski definition) is 1. The van der Waals surface area contributed by atoms with Crippen molar-refractivity contribution in [1.82, 2.24) is 4.98 Å². The van der Waals surface area contributed by atoms with Crippen LogP contribution in [-0.4, -0.2) is 4.98 Å². The zero-order chi connectivity index (χ0) is 13.4. The first-order chi connectivity index (χ1) is 9.16. The Labute approximate surface area is 112 Å². The average molecular weight is 248 g/mol. The van der Waals surface area contributed by atoms with E-state index in [1.54, 1.807) is 0 Å². The van der Waals surface area contributed by atoms with Crippen molar-refractivity contribution in [3.05, 3.63) is 59.8 Å². The van der Waals surface area contributed by atoms with E-state index >= 15 is 0 Å². The Balaban J connectivity index is 2.40. The molecule has 0 saturated carbocycles. The Bertz CT molecular complexity index is 746. The topological polar surface area (TPSA) is 38.9 Å². The Morgan fingerprint density at radius 1 is 0.947 bits per heavy atom. The van der Waals surface area contributed by atoms with E-state index in [1.165, 1.54) is 11.1 Å². The lowest BCUT2D eigenvalue weighted by Gasteiger charge is -2.11. The SMILES string of the molecule is Cc1cc(-c2ccccc2)c2ccc(C)c(N)c2n1. The standard InChI is InChI=1S/C17H16N2/c1-11-8-9-14-15(13-6-4-3-5-7-13)10-12(2)19-17(14)16(11)18/h3-10H,18H2,1-2H3. The van der Waals surface area contributed by atoms with Gasteiger partial charge in [0.25, 0.3) is 0 Å². The lowest BCUT2D eigenvalue weighted by atomic mass is 9.98. The van der Waals surface area contributed by atoms with E-state index in [0.717, 1.165) is 27.8 Å². The molecule has 0 bridgehead atoms. The first-order valence-electron chi connectivity index (χ1n) is 6.38. The molecule has 2 heteroatoms. The van der Waals surface area contributed by atoms with Gasteiger partial charge in [0.1, 0.15) is 0 Å². The summed E-state index contributed by atoms with van der Waals surface area (Å²) in [7, 11) is 0. The molecule has 0 aliphatic carbocycles. The normalized spacial score (nSPS) is 10.8. The number of rotatable bonds is 1. The van der Waals surface area contributed by atoms with Gasteiger partial charge in [-0.25, -0.2) is 0 Å². The second kappa shape index (κ2) is 4.39. The summed E-state index contributed by atoms with van der Waals surface area (Å²) in [6.45, 7) is 4.02. The average Bonchev–Trinajstić information content (AvgIpc) is 2.44. The molecule has 0 amide bonds. The molecule has 0 atom stereocenters. The molecule has 94 valence electrons. The Kier molecular flexibility index (Phi) is 2.71. The van der Waals surface area contributed by atoms with Gasteiger partial charge in [-0.1, -0.05) is 42.5 Å². The van der Waals surface area contributed by atoms with Crippen molar-refractivity contribution >= 4 is 16.6 Å². The molecule has 1 heterocycles. The fourth-order valence-electron chi connectivity index (χ4n) is 2.40. The summed E-state index contributed by atoms with van der Waals surface area (Å²) in [5.41, 5.74) is 12.3. The van der Waals surface area contributed by atoms with Gasteiger partial charge in [0, 0.05) is 11.1 Å². The van der Waals surface area contributed by atoms with Gasteiger partial charge in [-0.3, -0.25) is 4.98 Å². The van der Waals surface area contributed by atoms with E-state index < -0.39 is 0 Å². The fourth-order valence-corrected chi connectivity index (χ4v) is 2.40. The molecule has 3 rings (SSSR count). The molecule has 2 aromatic carbocycles. The molecule has 1 aromatic heterocycles. The Hall–Kier alpha value is -2.35. The zero-order valence-corrected chi connectivity index (χ0v) is 11.1. The van der Waals surface area contributed by atoms with Crippen molar-refractivity contribution in [3.8, 4) is 11.1 Å². The van der Waals surface area contributed by atoms with E-state index in [0.29, 0.717) is 0 Å². The number of fused-ring (bicyclic) bond motifs is 1. The molecule has 0 spiro atoms. The van der Waals surface area contributed by atoms with E-state index in [1.807, 2.05) is 19.9 Å². The molecule has 0 unspecified atom stereocenters. The molecule has 3 aromatic rings. The lowest BCUT2D eigenvalue weighted by molar-refractivity contribution is 1.25. The van der Waals surface area contributed by atoms with Crippen LogP contribution in [-0.2, 0) is 0 Å². The van der Waals surface area contributed by atoms with Gasteiger partial charge in [0.05, 0.1) is 11.2 Å². The summed E-state index contributed by atoms with van der Waals surface area (Å²) >= 11 is 0. The molecule has 0 aliphatic heterocycles. The van der Waals surface area contributed by atoms with Gasteiger partial charge in [0.15, 0.2) is 0 Å². The van der Waals surface area contributed by atoms with Gasteiger partial charge in [-0.05, 0) is 36.6 Å². The summed E-state index contributed by atoms with van der Waals surface area (Å²) < 4.78 is 0. The number of benzene rings is 2. The highest BCUT2D eigenvalue weighted by Gasteiger charge is 2.09. The van der Waals surface area contributed by atoms with Gasteiger partial charge >= 0.3 is 0 Å². The predicted octanol–water partition coefficient (Wildman–Crippen LogP) is 4.10. The van der Waals surface area contributed by atoms with Crippen LogP contribution in [0.3, 0.4) is 0 Å². The highest BCUT2D eigenvalue weighted by Crippen LogP contribution is 2.32. The minimum absolute atomic E-state index is 0.776. The molecule has 2 N–H and O–H groups in total. The molecular formula is C17H16N2. The zero-order valence-electron chi connectivity index (χ0n) is 11.1. The van der Waals surface area contributed by atoms with Crippen molar-refractivity contribution in [3.63, 3.8) is 0 Å². The van der Waals surface area contributed by atoms with Crippen LogP contribution in [0.1, 0.15) is 11.3 Å². The first kappa shape index (κ1) is 11.7. The summed E-state index contributed by atoms with van der Waals surface area (Å²) in [5.74, 6) is 0. The van der Waals surface area contributed by atoms with E-state index in [-0.39, 0.29) is 0 Å². The minimum Gasteiger partial charge on any atom is -0.397 e. The highest BCUT2D eigenvalue weighted by molar-refractivity contribution is 6.01. The number of nitrogens with zero attached hydrogens (tertiary/aromatic N) is 1. The van der Waals surface area contributed by atoms with Crippen LogP contribution < -0.4 is 5.73 Å². The summed E-state index contributed by atoms with van der Waals surface area (Å²) in [6.07, 6.45) is 0. The third-order valence-corrected chi connectivity index (χ3v) is 3.45. The van der Waals surface area contributed by atoms with Gasteiger partial charge in [-0.15, -0.1) is 0 Å². The number of anilines is 1. The van der Waals surface area contributed by atoms with Crippen LogP contribution in [0, 0.1) is 13.8 Å². The first-order valence-corrected chi connectivity index (χ1v) is 6.38. The third kappa shape index (κ3) is 1.95. The van der Waals surface area contributed by atoms with Crippen molar-refractivity contribution in [2.75, 3.05) is 5.73 Å².